The molecule has 1 aromatic carbocycles. The lowest BCUT2D eigenvalue weighted by Crippen LogP contribution is -1.90. The second kappa shape index (κ2) is 4.01. The number of hydrogen-bond acceptors (Lipinski definition) is 1. The van der Waals surface area contributed by atoms with Gasteiger partial charge in [0.25, 0.3) is 0 Å². The highest BCUT2D eigenvalue weighted by atomic mass is 79.9. The number of rotatable bonds is 1. The van der Waals surface area contributed by atoms with E-state index in [1.54, 1.807) is 12.1 Å². The van der Waals surface area contributed by atoms with Gasteiger partial charge in [-0.3, -0.25) is 0 Å². The highest BCUT2D eigenvalue weighted by Crippen LogP contribution is 2.26. The molecule has 0 aliphatic heterocycles. The Morgan fingerprint density at radius 1 is 1.50 bits per heavy atom. The molecular weight excluding hydrogens is 289 g/mol. The highest BCUT2D eigenvalue weighted by Gasteiger charge is 2.10. The third-order valence-corrected chi connectivity index (χ3v) is 2.54. The van der Waals surface area contributed by atoms with E-state index in [2.05, 4.69) is 31.9 Å². The Bertz CT molecular complexity index is 332. The summed E-state index contributed by atoms with van der Waals surface area (Å²) in [4.78, 5) is -0.578. The molecule has 0 spiro atoms. The van der Waals surface area contributed by atoms with E-state index in [-0.39, 0.29) is 5.82 Å². The van der Waals surface area contributed by atoms with Crippen molar-refractivity contribution >= 4 is 31.9 Å². The summed E-state index contributed by atoms with van der Waals surface area (Å²) >= 11 is 6.17. The van der Waals surface area contributed by atoms with E-state index < -0.39 is 4.83 Å². The van der Waals surface area contributed by atoms with Crippen LogP contribution >= 0.6 is 31.9 Å². The zero-order valence-electron chi connectivity index (χ0n) is 5.89. The Morgan fingerprint density at radius 3 is 2.67 bits per heavy atom. The fourth-order valence-electron chi connectivity index (χ4n) is 0.777. The minimum Gasteiger partial charge on any atom is -0.207 e. The molecule has 0 heterocycles. The average Bonchev–Trinajstić information content (AvgIpc) is 2.03. The molecule has 1 atom stereocenters. The number of halogens is 3. The molecule has 0 aliphatic carbocycles. The Morgan fingerprint density at radius 2 is 2.17 bits per heavy atom. The Balaban J connectivity index is 3.11. The molecule has 4 heteroatoms. The summed E-state index contributed by atoms with van der Waals surface area (Å²) < 4.78 is 13.7. The van der Waals surface area contributed by atoms with Gasteiger partial charge in [-0.25, -0.2) is 4.39 Å². The van der Waals surface area contributed by atoms with Crippen molar-refractivity contribution in [2.75, 3.05) is 0 Å². The molecule has 1 nitrogen and oxygen atoms in total. The molecule has 0 aromatic heterocycles. The van der Waals surface area contributed by atoms with Crippen LogP contribution in [0.4, 0.5) is 4.39 Å². The quantitative estimate of drug-likeness (QED) is 0.726. The Labute approximate surface area is 86.5 Å². The van der Waals surface area contributed by atoms with Gasteiger partial charge in [-0.15, -0.1) is 0 Å². The molecular formula is C8H4Br2FN. The van der Waals surface area contributed by atoms with Crippen molar-refractivity contribution < 1.29 is 4.39 Å². The molecule has 0 fully saturated rings. The van der Waals surface area contributed by atoms with Crippen LogP contribution < -0.4 is 0 Å². The number of hydrogen-bond donors (Lipinski definition) is 0. The van der Waals surface area contributed by atoms with Crippen LogP contribution in [-0.2, 0) is 0 Å². The maximum absolute atomic E-state index is 13.1. The predicted molar refractivity (Wildman–Crippen MR) is 51.4 cm³/mol. The van der Waals surface area contributed by atoms with E-state index >= 15 is 0 Å². The topological polar surface area (TPSA) is 23.8 Å². The zero-order chi connectivity index (χ0) is 9.14. The first-order valence-corrected chi connectivity index (χ1v) is 4.84. The van der Waals surface area contributed by atoms with Crippen LogP contribution in [0.5, 0.6) is 0 Å². The van der Waals surface area contributed by atoms with E-state index in [4.69, 9.17) is 5.26 Å². The lowest BCUT2D eigenvalue weighted by atomic mass is 10.1. The molecule has 62 valence electrons. The standard InChI is InChI=1S/C8H4Br2FN/c9-5-1-2-6(7(10)4-12)8(11)3-5/h1-3,7H. The van der Waals surface area contributed by atoms with E-state index in [0.29, 0.717) is 10.0 Å². The largest absolute Gasteiger partial charge is 0.207 e. The van der Waals surface area contributed by atoms with Crippen molar-refractivity contribution in [3.63, 3.8) is 0 Å². The van der Waals surface area contributed by atoms with Gasteiger partial charge in [0.2, 0.25) is 0 Å². The first kappa shape index (κ1) is 9.69. The summed E-state index contributed by atoms with van der Waals surface area (Å²) in [5, 5.41) is 8.51. The van der Waals surface area contributed by atoms with Gasteiger partial charge in [0.05, 0.1) is 6.07 Å². The maximum Gasteiger partial charge on any atom is 0.129 e. The molecule has 0 bridgehead atoms. The summed E-state index contributed by atoms with van der Waals surface area (Å²) in [5.41, 5.74) is 0.362. The van der Waals surface area contributed by atoms with Gasteiger partial charge in [-0.1, -0.05) is 37.9 Å². The van der Waals surface area contributed by atoms with E-state index in [9.17, 15) is 4.39 Å². The molecule has 1 unspecified atom stereocenters. The van der Waals surface area contributed by atoms with Crippen LogP contribution in [0.1, 0.15) is 10.4 Å². The summed E-state index contributed by atoms with van der Waals surface area (Å²) in [6.45, 7) is 0. The van der Waals surface area contributed by atoms with E-state index in [0.717, 1.165) is 0 Å². The second-order valence-corrected chi connectivity index (χ2v) is 3.99. The van der Waals surface area contributed by atoms with Gasteiger partial charge < -0.3 is 0 Å². The summed E-state index contributed by atoms with van der Waals surface area (Å²) in [6, 6.07) is 6.51. The third kappa shape index (κ3) is 2.05. The Hall–Kier alpha value is -0.400. The fourth-order valence-corrected chi connectivity index (χ4v) is 1.48. The summed E-state index contributed by atoms with van der Waals surface area (Å²) in [6.07, 6.45) is 0. The van der Waals surface area contributed by atoms with Gasteiger partial charge in [0.1, 0.15) is 10.6 Å². The van der Waals surface area contributed by atoms with Gasteiger partial charge in [0.15, 0.2) is 0 Å². The van der Waals surface area contributed by atoms with Crippen LogP contribution in [-0.4, -0.2) is 0 Å². The number of nitrogens with zero attached hydrogens (tertiary/aromatic N) is 1. The molecule has 0 saturated carbocycles. The van der Waals surface area contributed by atoms with Crippen LogP contribution in [0.3, 0.4) is 0 Å². The SMILES string of the molecule is N#CC(Br)c1ccc(Br)cc1F. The Kier molecular flexibility index (Phi) is 3.24. The highest BCUT2D eigenvalue weighted by molar-refractivity contribution is 9.10. The zero-order valence-corrected chi connectivity index (χ0v) is 9.06. The van der Waals surface area contributed by atoms with Crippen molar-refractivity contribution in [3.05, 3.63) is 34.1 Å². The third-order valence-electron chi connectivity index (χ3n) is 1.35. The average molecular weight is 293 g/mol. The molecule has 0 N–H and O–H groups in total. The lowest BCUT2D eigenvalue weighted by Gasteiger charge is -2.02. The minimum absolute atomic E-state index is 0.362. The number of benzene rings is 1. The molecule has 0 amide bonds. The van der Waals surface area contributed by atoms with Gasteiger partial charge in [0, 0.05) is 10.0 Å². The first-order valence-electron chi connectivity index (χ1n) is 3.14. The van der Waals surface area contributed by atoms with Gasteiger partial charge in [-0.05, 0) is 12.1 Å². The van der Waals surface area contributed by atoms with Gasteiger partial charge >= 0.3 is 0 Å². The monoisotopic (exact) mass is 291 g/mol. The van der Waals surface area contributed by atoms with Crippen LogP contribution in [0, 0.1) is 17.1 Å². The van der Waals surface area contributed by atoms with Gasteiger partial charge in [-0.2, -0.15) is 5.26 Å². The predicted octanol–water partition coefficient (Wildman–Crippen LogP) is 3.55. The number of nitriles is 1. The molecule has 0 aliphatic rings. The van der Waals surface area contributed by atoms with Crippen molar-refractivity contribution in [2.24, 2.45) is 0 Å². The summed E-state index contributed by atoms with van der Waals surface area (Å²) in [5.74, 6) is -0.382. The fraction of sp³-hybridized carbons (Fsp3) is 0.125. The number of alkyl halides is 1. The molecule has 1 aromatic rings. The van der Waals surface area contributed by atoms with Crippen molar-refractivity contribution in [1.82, 2.24) is 0 Å². The van der Waals surface area contributed by atoms with Crippen molar-refractivity contribution in [3.8, 4) is 6.07 Å². The first-order chi connectivity index (χ1) is 5.65. The normalized spacial score (nSPS) is 12.2. The minimum atomic E-state index is -0.578. The van der Waals surface area contributed by atoms with Crippen molar-refractivity contribution in [2.45, 2.75) is 4.83 Å². The molecule has 1 rings (SSSR count). The lowest BCUT2D eigenvalue weighted by molar-refractivity contribution is 0.614. The molecule has 12 heavy (non-hydrogen) atoms. The van der Waals surface area contributed by atoms with Crippen molar-refractivity contribution in [1.29, 1.82) is 5.26 Å². The van der Waals surface area contributed by atoms with E-state index in [1.165, 1.54) is 6.07 Å². The second-order valence-electron chi connectivity index (χ2n) is 2.16. The summed E-state index contributed by atoms with van der Waals surface area (Å²) in [7, 11) is 0. The van der Waals surface area contributed by atoms with Crippen LogP contribution in [0.15, 0.2) is 22.7 Å². The van der Waals surface area contributed by atoms with Crippen LogP contribution in [0.25, 0.3) is 0 Å². The molecule has 0 saturated heterocycles. The van der Waals surface area contributed by atoms with Crippen LogP contribution in [0.2, 0.25) is 0 Å². The maximum atomic E-state index is 13.1. The smallest absolute Gasteiger partial charge is 0.129 e. The molecule has 0 radical (unpaired) electrons. The van der Waals surface area contributed by atoms with E-state index in [1.807, 2.05) is 6.07 Å².